The van der Waals surface area contributed by atoms with Crippen LogP contribution in [-0.4, -0.2) is 26.8 Å². The first-order valence-electron chi connectivity index (χ1n) is 10.6. The Labute approximate surface area is 205 Å². The van der Waals surface area contributed by atoms with Crippen molar-refractivity contribution < 1.29 is 35.5 Å². The van der Waals surface area contributed by atoms with Crippen LogP contribution in [0.4, 0.5) is 36.6 Å². The Morgan fingerprint density at radius 1 is 0.865 bits per heavy atom. The molecule has 1 amide bonds. The van der Waals surface area contributed by atoms with E-state index in [4.69, 9.17) is 0 Å². The molecule has 2 aromatic carbocycles. The van der Waals surface area contributed by atoms with E-state index in [2.05, 4.69) is 15.4 Å². The van der Waals surface area contributed by atoms with Crippen LogP contribution in [0.25, 0.3) is 22.4 Å². The van der Waals surface area contributed by atoms with Crippen molar-refractivity contribution in [3.8, 4) is 22.4 Å². The van der Waals surface area contributed by atoms with Crippen molar-refractivity contribution in [2.75, 3.05) is 5.32 Å². The highest BCUT2D eigenvalue weighted by Gasteiger charge is 2.46. The zero-order valence-electron chi connectivity index (χ0n) is 18.9. The zero-order valence-corrected chi connectivity index (χ0v) is 18.9. The molecule has 0 aliphatic carbocycles. The van der Waals surface area contributed by atoms with Crippen molar-refractivity contribution in [1.29, 1.82) is 0 Å². The van der Waals surface area contributed by atoms with E-state index in [-0.39, 0.29) is 17.1 Å². The first-order chi connectivity index (χ1) is 17.4. The third kappa shape index (κ3) is 5.47. The molecule has 37 heavy (non-hydrogen) atoms. The molecule has 0 aliphatic rings. The number of alkyl halides is 6. The van der Waals surface area contributed by atoms with E-state index >= 15 is 0 Å². The van der Waals surface area contributed by atoms with Gasteiger partial charge in [-0.25, -0.2) is 4.39 Å². The summed E-state index contributed by atoms with van der Waals surface area (Å²) in [5, 5.41) is 6.58. The van der Waals surface area contributed by atoms with Crippen molar-refractivity contribution in [2.45, 2.75) is 18.3 Å². The molecule has 5 nitrogen and oxygen atoms in total. The van der Waals surface area contributed by atoms with Gasteiger partial charge in [-0.15, -0.1) is 0 Å². The Morgan fingerprint density at radius 2 is 1.46 bits per heavy atom. The molecule has 2 aromatic heterocycles. The molecule has 0 saturated carbocycles. The van der Waals surface area contributed by atoms with Gasteiger partial charge in [0.15, 0.2) is 5.92 Å². The number of carbonyl (C=O) groups excluding carboxylic acids is 1. The Hall–Kier alpha value is -4.22. The molecule has 4 rings (SSSR count). The van der Waals surface area contributed by atoms with E-state index in [1.807, 2.05) is 0 Å². The molecule has 1 unspecified atom stereocenters. The lowest BCUT2D eigenvalue weighted by molar-refractivity contribution is -0.161. The quantitative estimate of drug-likeness (QED) is 0.301. The normalized spacial score (nSPS) is 12.9. The smallest absolute Gasteiger partial charge is 0.310 e. The predicted molar refractivity (Wildman–Crippen MR) is 121 cm³/mol. The van der Waals surface area contributed by atoms with Gasteiger partial charge in [-0.2, -0.15) is 31.4 Å². The zero-order chi connectivity index (χ0) is 27.0. The van der Waals surface area contributed by atoms with Crippen molar-refractivity contribution in [3.05, 3.63) is 90.0 Å². The number of nitrogens with one attached hydrogen (secondary N) is 1. The first-order valence-corrected chi connectivity index (χ1v) is 10.6. The summed E-state index contributed by atoms with van der Waals surface area (Å²) in [6, 6.07) is 10.5. The number of hydrogen-bond donors (Lipinski definition) is 1. The molecule has 0 aliphatic heterocycles. The second-order valence-electron chi connectivity index (χ2n) is 8.02. The van der Waals surface area contributed by atoms with E-state index < -0.39 is 41.1 Å². The minimum atomic E-state index is -5.11. The van der Waals surface area contributed by atoms with Gasteiger partial charge in [0, 0.05) is 25.0 Å². The molecule has 0 bridgehead atoms. The number of halogens is 7. The fourth-order valence-electron chi connectivity index (χ4n) is 3.81. The van der Waals surface area contributed by atoms with Crippen LogP contribution >= 0.6 is 0 Å². The van der Waals surface area contributed by atoms with Gasteiger partial charge >= 0.3 is 12.4 Å². The van der Waals surface area contributed by atoms with Gasteiger partial charge in [-0.3, -0.25) is 14.5 Å². The summed E-state index contributed by atoms with van der Waals surface area (Å²) < 4.78 is 95.2. The Balaban J connectivity index is 1.78. The van der Waals surface area contributed by atoms with Crippen molar-refractivity contribution in [3.63, 3.8) is 0 Å². The summed E-state index contributed by atoms with van der Waals surface area (Å²) >= 11 is 0. The van der Waals surface area contributed by atoms with E-state index in [0.717, 1.165) is 4.68 Å². The van der Waals surface area contributed by atoms with Gasteiger partial charge in [-0.05, 0) is 59.7 Å². The number of aryl methyl sites for hydroxylation is 1. The van der Waals surface area contributed by atoms with Crippen LogP contribution < -0.4 is 5.32 Å². The molecule has 0 spiro atoms. The number of pyridine rings is 1. The van der Waals surface area contributed by atoms with Crippen molar-refractivity contribution in [2.24, 2.45) is 7.05 Å². The SMILES string of the molecule is Cn1nc(-c2ccc(F)cc2)c(-c2ccncc2)c1NC(=O)C(c1ccc(C(F)(F)F)cc1)C(F)(F)F. The molecule has 0 fully saturated rings. The highest BCUT2D eigenvalue weighted by molar-refractivity contribution is 6.01. The van der Waals surface area contributed by atoms with Crippen LogP contribution in [0, 0.1) is 5.82 Å². The maximum absolute atomic E-state index is 14.0. The summed E-state index contributed by atoms with van der Waals surface area (Å²) in [6.45, 7) is 0. The lowest BCUT2D eigenvalue weighted by Crippen LogP contribution is -2.33. The van der Waals surface area contributed by atoms with Crippen molar-refractivity contribution >= 4 is 11.7 Å². The molecule has 12 heteroatoms. The topological polar surface area (TPSA) is 59.8 Å². The Bertz CT molecular complexity index is 1390. The minimum absolute atomic E-state index is 0.100. The van der Waals surface area contributed by atoms with Gasteiger partial charge in [0.1, 0.15) is 17.3 Å². The summed E-state index contributed by atoms with van der Waals surface area (Å²) in [6.07, 6.45) is -7.00. The van der Waals surface area contributed by atoms with Gasteiger partial charge in [0.2, 0.25) is 5.91 Å². The largest absolute Gasteiger partial charge is 0.416 e. The highest BCUT2D eigenvalue weighted by Crippen LogP contribution is 2.41. The number of rotatable bonds is 5. The van der Waals surface area contributed by atoms with Gasteiger partial charge in [-0.1, -0.05) is 12.1 Å². The monoisotopic (exact) mass is 522 g/mol. The second kappa shape index (κ2) is 9.68. The van der Waals surface area contributed by atoms with Gasteiger partial charge in [0.05, 0.1) is 11.1 Å². The van der Waals surface area contributed by atoms with Crippen LogP contribution in [0.1, 0.15) is 17.0 Å². The fraction of sp³-hybridized carbons (Fsp3) is 0.160. The molecule has 192 valence electrons. The third-order valence-corrected chi connectivity index (χ3v) is 5.54. The average molecular weight is 522 g/mol. The number of anilines is 1. The van der Waals surface area contributed by atoms with E-state index in [0.29, 0.717) is 35.4 Å². The highest BCUT2D eigenvalue weighted by atomic mass is 19.4. The third-order valence-electron chi connectivity index (χ3n) is 5.54. The average Bonchev–Trinajstić information content (AvgIpc) is 3.14. The number of amides is 1. The van der Waals surface area contributed by atoms with Crippen LogP contribution in [0.15, 0.2) is 73.1 Å². The minimum Gasteiger partial charge on any atom is -0.310 e. The standard InChI is InChI=1S/C25H17F7N4O/c1-36-22(19(14-10-12-33-13-11-14)21(35-36)16-4-8-18(26)9-5-16)34-23(37)20(25(30,31)32)15-2-6-17(7-3-15)24(27,28)29/h2-13,20H,1H3,(H,34,37). The number of benzene rings is 2. The van der Waals surface area contributed by atoms with E-state index in [1.165, 1.54) is 43.7 Å². The molecule has 0 radical (unpaired) electrons. The maximum atomic E-state index is 14.0. The number of nitrogens with zero attached hydrogens (tertiary/aromatic N) is 3. The maximum Gasteiger partial charge on any atom is 0.416 e. The Morgan fingerprint density at radius 3 is 2.00 bits per heavy atom. The summed E-state index contributed by atoms with van der Waals surface area (Å²) in [5.41, 5.74) is -0.423. The molecular weight excluding hydrogens is 505 g/mol. The summed E-state index contributed by atoms with van der Waals surface area (Å²) in [7, 11) is 1.40. The number of aromatic nitrogens is 3. The molecular formula is C25H17F7N4O. The predicted octanol–water partition coefficient (Wildman–Crippen LogP) is 6.59. The molecule has 2 heterocycles. The lowest BCUT2D eigenvalue weighted by Gasteiger charge is -2.21. The summed E-state index contributed by atoms with van der Waals surface area (Å²) in [4.78, 5) is 16.9. The van der Waals surface area contributed by atoms with Crippen LogP contribution in [-0.2, 0) is 18.0 Å². The second-order valence-corrected chi connectivity index (χ2v) is 8.02. The van der Waals surface area contributed by atoms with Crippen LogP contribution in [0.5, 0.6) is 0 Å². The van der Waals surface area contributed by atoms with Gasteiger partial charge < -0.3 is 5.32 Å². The van der Waals surface area contributed by atoms with Crippen LogP contribution in [0.2, 0.25) is 0 Å². The number of hydrogen-bond acceptors (Lipinski definition) is 3. The lowest BCUT2D eigenvalue weighted by atomic mass is 9.96. The molecule has 4 aromatic rings. The number of carbonyl (C=O) groups is 1. The molecule has 1 atom stereocenters. The molecule has 1 N–H and O–H groups in total. The Kier molecular flexibility index (Phi) is 6.76. The van der Waals surface area contributed by atoms with E-state index in [1.54, 1.807) is 12.1 Å². The fourth-order valence-corrected chi connectivity index (χ4v) is 3.81. The van der Waals surface area contributed by atoms with Crippen molar-refractivity contribution in [1.82, 2.24) is 14.8 Å². The summed E-state index contributed by atoms with van der Waals surface area (Å²) in [5.74, 6) is -4.89. The first kappa shape index (κ1) is 25.9. The van der Waals surface area contributed by atoms with E-state index in [9.17, 15) is 35.5 Å². The molecule has 0 saturated heterocycles. The van der Waals surface area contributed by atoms with Gasteiger partial charge in [0.25, 0.3) is 0 Å². The van der Waals surface area contributed by atoms with Crippen LogP contribution in [0.3, 0.4) is 0 Å².